The molecule has 0 aromatic heterocycles. The third-order valence-corrected chi connectivity index (χ3v) is 20.5. The topological polar surface area (TPSA) is 898 Å². The summed E-state index contributed by atoms with van der Waals surface area (Å²) in [4.78, 5) is 146. The third-order valence-electron chi connectivity index (χ3n) is 20.5. The third kappa shape index (κ3) is 16.4. The second kappa shape index (κ2) is 34.4. The summed E-state index contributed by atoms with van der Waals surface area (Å²) < 4.78 is 73.4. The summed E-state index contributed by atoms with van der Waals surface area (Å²) in [6.07, 6.45) is -28.7. The first kappa shape index (κ1) is 92.0. The van der Waals surface area contributed by atoms with Crippen LogP contribution in [-0.2, 0) is 52.1 Å². The van der Waals surface area contributed by atoms with Gasteiger partial charge in [0.15, 0.2) is 163 Å². The van der Waals surface area contributed by atoms with Crippen molar-refractivity contribution in [3.05, 3.63) is 141 Å². The van der Waals surface area contributed by atoms with Crippen molar-refractivity contribution in [1.29, 1.82) is 0 Å². The first-order chi connectivity index (χ1) is 63.5. The number of ether oxygens (including phenoxy) is 13. The number of carboxylic acids is 1. The molecule has 0 radical (unpaired) electrons. The molecule has 10 aromatic rings. The van der Waals surface area contributed by atoms with Gasteiger partial charge in [0.1, 0.15) is 36.5 Å². The fourth-order valence-electron chi connectivity index (χ4n) is 14.0. The Hall–Kier alpha value is -19.2. The lowest BCUT2D eigenvalue weighted by atomic mass is 9.92. The van der Waals surface area contributed by atoms with E-state index < -0.39 is 396 Å². The molecule has 0 saturated carbocycles. The zero-order valence-electron chi connectivity index (χ0n) is 66.1. The first-order valence-corrected chi connectivity index (χ1v) is 37.2. The van der Waals surface area contributed by atoms with Gasteiger partial charge in [0, 0.05) is 34.4 Å². The number of aromatic hydroxyl groups is 28. The van der Waals surface area contributed by atoms with Crippen molar-refractivity contribution in [2.45, 2.75) is 61.4 Å². The number of esters is 9. The first-order valence-electron chi connectivity index (χ1n) is 37.2. The van der Waals surface area contributed by atoms with Crippen LogP contribution in [0.2, 0.25) is 0 Å². The molecule has 4 aliphatic heterocycles. The smallest absolute Gasteiger partial charge is 0.342 e. The molecule has 2 fully saturated rings. The molecule has 14 rings (SSSR count). The lowest BCUT2D eigenvalue weighted by Gasteiger charge is -2.43. The van der Waals surface area contributed by atoms with Gasteiger partial charge in [0.25, 0.3) is 0 Å². The molecular formula is C82H58O53. The van der Waals surface area contributed by atoms with Crippen LogP contribution in [0.25, 0.3) is 22.3 Å². The number of cyclic esters (lactones) is 2. The quantitative estimate of drug-likeness (QED) is 0.0395. The highest BCUT2D eigenvalue weighted by Crippen LogP contribution is 2.58. The molecule has 0 unspecified atom stereocenters. The zero-order chi connectivity index (χ0) is 98.6. The number of hydrogen-bond acceptors (Lipinski definition) is 52. The number of rotatable bonds is 15. The fraction of sp³-hybridized carbons (Fsp3) is 0.146. The number of carbonyl (C=O) groups is 10. The van der Waals surface area contributed by atoms with E-state index in [9.17, 15) is 182 Å². The van der Waals surface area contributed by atoms with Crippen molar-refractivity contribution in [1.82, 2.24) is 0 Å². The molecule has 0 spiro atoms. The number of fused-ring (bicyclic) bond motifs is 8. The maximum absolute atomic E-state index is 15.3. The minimum Gasteiger partial charge on any atom is -0.504 e. The lowest BCUT2D eigenvalue weighted by molar-refractivity contribution is -0.284. The van der Waals surface area contributed by atoms with E-state index in [1.54, 1.807) is 0 Å². The van der Waals surface area contributed by atoms with Crippen molar-refractivity contribution in [3.63, 3.8) is 0 Å². The molecule has 30 N–H and O–H groups in total. The molecule has 10 atom stereocenters. The summed E-state index contributed by atoms with van der Waals surface area (Å²) >= 11 is 0. The van der Waals surface area contributed by atoms with Gasteiger partial charge in [-0.1, -0.05) is 0 Å². The maximum atomic E-state index is 15.3. The van der Waals surface area contributed by atoms with Crippen molar-refractivity contribution < 1.29 is 263 Å². The number of phenolic OH excluding ortho intramolecular Hbond substituents is 28. The number of carboxylic acid groups (broad SMARTS) is 1. The van der Waals surface area contributed by atoms with Gasteiger partial charge >= 0.3 is 59.7 Å². The van der Waals surface area contributed by atoms with E-state index in [0.717, 1.165) is 0 Å². The monoisotopic (exact) mass is 1890 g/mol. The van der Waals surface area contributed by atoms with Gasteiger partial charge in [-0.15, -0.1) is 0 Å². The average Bonchev–Trinajstić information content (AvgIpc) is 1.74. The Labute approximate surface area is 741 Å². The molecule has 4 aliphatic rings. The van der Waals surface area contributed by atoms with Crippen LogP contribution in [0.5, 0.6) is 184 Å². The standard InChI is InChI=1S/C82H58O53/c83-27-2-18(3-28(84)47(27)95)72(113)131-67-65-41(15-123-75(116)21-9-33(89)51(99)57(105)43(21)45-23(77(118)129-65)11-35(91)53(101)59(45)107)127-81(122)69(67)133-79(120)25-13-37(93)55(103)61(109)63(25)126-40-8-20(6-32(88)50(40)98)74(115)135-82-70(134-80(121)26-14-38(94)56(104)62(110)64(26)125-39-7-17(71(111)112)1-31(87)49(39)97)68(132-73(114)19-4-29(85)48(96)30(86)5-19)66-42(128-82)16-124-76(117)22-10-34(90)52(100)58(106)44(22)46-24(78(119)130-66)12-36(92)54(102)60(46)108/h1-14,41-42,65-70,81-110,122H,15-16H2,(H,111,112)/t41-,42-,65-,66-,67+,68+,69-,70-,81-,82+/m1/s1. The molecule has 53 heteroatoms. The normalized spacial score (nSPS) is 19.0. The summed E-state index contributed by atoms with van der Waals surface area (Å²) in [5.41, 5.74) is -17.5. The van der Waals surface area contributed by atoms with Gasteiger partial charge in [-0.3, -0.25) is 0 Å². The number of carbonyl (C=O) groups excluding carboxylic acids is 9. The van der Waals surface area contributed by atoms with Crippen molar-refractivity contribution in [3.8, 4) is 206 Å². The second-order valence-electron chi connectivity index (χ2n) is 28.9. The largest absolute Gasteiger partial charge is 0.504 e. The Morgan fingerprint density at radius 1 is 0.274 bits per heavy atom. The van der Waals surface area contributed by atoms with Crippen molar-refractivity contribution in [2.24, 2.45) is 0 Å². The number of phenols is 28. The highest BCUT2D eigenvalue weighted by atomic mass is 16.8. The van der Waals surface area contributed by atoms with Gasteiger partial charge in [0.2, 0.25) is 69.9 Å². The van der Waals surface area contributed by atoms with Gasteiger partial charge < -0.3 is 215 Å². The fourth-order valence-corrected chi connectivity index (χ4v) is 14.0. The van der Waals surface area contributed by atoms with Gasteiger partial charge in [-0.05, 0) is 72.8 Å². The molecule has 0 aliphatic carbocycles. The summed E-state index contributed by atoms with van der Waals surface area (Å²) in [6.45, 7) is -3.05. The SMILES string of the molecule is O=C(O)c1cc(O)c(O)c(Oc2c(C(=O)O[C@H]3[C@H](OC(=O)c4cc(O)c(O)c(Oc5c(C(=O)O[C@@H]6[C@@H](OC(=O)c7cc(O)c(O)c(O)c7)[C@@H]7OC(=O)c8cc(O)c(O)c(O)c8-c8c(cc(O)c(O)c8O)C(=O)OC[C@H]7O[C@H]6O)cc(O)c(O)c5O)c4)O[C@@H]4COC(=O)c5cc(O)c(O)c(O)c5-c5c(cc(O)c(O)c5O)C(=O)O[C@H]4[C@@H]3OC(=O)c3cc(O)c(O)c(O)c3)cc(O)c(O)c2O)c1. The molecule has 10 aromatic carbocycles. The van der Waals surface area contributed by atoms with Crippen LogP contribution < -0.4 is 9.47 Å². The number of hydrogen-bond donors (Lipinski definition) is 30. The lowest BCUT2D eigenvalue weighted by Crippen LogP contribution is -2.63. The average molecular weight is 1890 g/mol. The van der Waals surface area contributed by atoms with Crippen LogP contribution >= 0.6 is 0 Å². The van der Waals surface area contributed by atoms with Crippen LogP contribution in [0.3, 0.4) is 0 Å². The van der Waals surface area contributed by atoms with E-state index in [2.05, 4.69) is 0 Å². The number of aliphatic hydroxyl groups is 1. The number of aromatic carboxylic acids is 1. The predicted octanol–water partition coefficient (Wildman–Crippen LogP) is 3.65. The minimum absolute atomic E-state index is 0.112. The number of aliphatic hydroxyl groups excluding tert-OH is 1. The van der Waals surface area contributed by atoms with Crippen LogP contribution in [0.1, 0.15) is 104 Å². The zero-order valence-corrected chi connectivity index (χ0v) is 66.1. The molecular weight excluding hydrogens is 1830 g/mol. The summed E-state index contributed by atoms with van der Waals surface area (Å²) in [5, 5.41) is 328. The second-order valence-corrected chi connectivity index (χ2v) is 28.9. The summed E-state index contributed by atoms with van der Waals surface area (Å²) in [5.74, 6) is -68.4. The molecule has 135 heavy (non-hydrogen) atoms. The van der Waals surface area contributed by atoms with Crippen LogP contribution in [0.4, 0.5) is 0 Å². The van der Waals surface area contributed by atoms with E-state index in [-0.39, 0.29) is 36.4 Å². The Morgan fingerprint density at radius 2 is 0.548 bits per heavy atom. The Balaban J connectivity index is 0.881. The minimum atomic E-state index is -3.19. The molecule has 704 valence electrons. The predicted molar refractivity (Wildman–Crippen MR) is 417 cm³/mol. The van der Waals surface area contributed by atoms with Gasteiger partial charge in [-0.2, -0.15) is 0 Å². The van der Waals surface area contributed by atoms with Gasteiger partial charge in [0.05, 0.1) is 44.5 Å². The molecule has 0 amide bonds. The molecule has 2 saturated heterocycles. The van der Waals surface area contributed by atoms with E-state index in [4.69, 9.17) is 61.6 Å². The maximum Gasteiger partial charge on any atom is 0.342 e. The van der Waals surface area contributed by atoms with Crippen molar-refractivity contribution >= 4 is 59.7 Å². The summed E-state index contributed by atoms with van der Waals surface area (Å²) in [7, 11) is 0. The Morgan fingerprint density at radius 3 is 0.911 bits per heavy atom. The Bertz CT molecular complexity index is 6760. The van der Waals surface area contributed by atoms with E-state index in [1.807, 2.05) is 0 Å². The highest BCUT2D eigenvalue weighted by Gasteiger charge is 2.58. The van der Waals surface area contributed by atoms with Crippen LogP contribution in [0, 0.1) is 0 Å². The Kier molecular flexibility index (Phi) is 23.4. The van der Waals surface area contributed by atoms with E-state index >= 15 is 19.2 Å². The van der Waals surface area contributed by atoms with Crippen LogP contribution in [0.15, 0.2) is 84.9 Å². The highest BCUT2D eigenvalue weighted by molar-refractivity contribution is 6.11. The molecule has 4 heterocycles. The molecule has 53 nitrogen and oxygen atoms in total. The molecule has 0 bridgehead atoms. The van der Waals surface area contributed by atoms with Crippen LogP contribution in [-0.4, -0.2) is 288 Å². The van der Waals surface area contributed by atoms with Crippen molar-refractivity contribution in [2.75, 3.05) is 13.2 Å². The number of benzene rings is 10. The summed E-state index contributed by atoms with van der Waals surface area (Å²) in [6, 6.07) is 4.17. The van der Waals surface area contributed by atoms with E-state index in [0.29, 0.717) is 48.5 Å². The van der Waals surface area contributed by atoms with E-state index in [1.165, 1.54) is 0 Å². The van der Waals surface area contributed by atoms with Gasteiger partial charge in [-0.25, -0.2) is 47.9 Å².